The number of carboxylic acid groups (broad SMARTS) is 2. The number of amides is 3. The highest BCUT2D eigenvalue weighted by Gasteiger charge is 2.32. The van der Waals surface area contributed by atoms with Crippen LogP contribution >= 0.6 is 0 Å². The lowest BCUT2D eigenvalue weighted by Gasteiger charge is -2.26. The number of nitrogens with zero attached hydrogens (tertiary/aromatic N) is 1. The molecule has 0 spiro atoms. The molecule has 0 saturated heterocycles. The molecular formula is C20H37N7O8. The molecule has 0 radical (unpaired) electrons. The van der Waals surface area contributed by atoms with Crippen molar-refractivity contribution >= 4 is 35.6 Å². The summed E-state index contributed by atoms with van der Waals surface area (Å²) in [5.74, 6) is -5.77. The molecule has 15 heteroatoms. The number of aliphatic carboxylic acids is 2. The zero-order valence-corrected chi connectivity index (χ0v) is 20.1. The molecule has 0 aromatic carbocycles. The first-order chi connectivity index (χ1) is 16.2. The van der Waals surface area contributed by atoms with Gasteiger partial charge in [0.2, 0.25) is 17.7 Å². The Hall–Kier alpha value is -3.46. The summed E-state index contributed by atoms with van der Waals surface area (Å²) in [7, 11) is 0. The van der Waals surface area contributed by atoms with Gasteiger partial charge in [-0.1, -0.05) is 13.8 Å². The fourth-order valence-corrected chi connectivity index (χ4v) is 2.84. The van der Waals surface area contributed by atoms with Crippen LogP contribution in [0.15, 0.2) is 4.99 Å². The van der Waals surface area contributed by atoms with E-state index in [2.05, 4.69) is 20.9 Å². The SMILES string of the molecule is CC(C)C(NC(=O)C(CCC(=O)O)NC(=O)C(CCCN=C(N)N)NC(=O)C(N)C(C)O)C(=O)O. The van der Waals surface area contributed by atoms with E-state index in [9.17, 15) is 34.2 Å². The summed E-state index contributed by atoms with van der Waals surface area (Å²) >= 11 is 0. The standard InChI is InChI=1S/C20H37N7O8/c1-9(2)15(19(34)35)27-17(32)12(6-7-13(29)30)25-16(31)11(5-4-8-24-20(22)23)26-18(33)14(21)10(3)28/h9-12,14-15,28H,4-8,21H2,1-3H3,(H,25,31)(H,26,33)(H,27,32)(H,29,30)(H,34,35)(H4,22,23,24). The van der Waals surface area contributed by atoms with Crippen molar-refractivity contribution in [3.05, 3.63) is 0 Å². The van der Waals surface area contributed by atoms with E-state index in [0.29, 0.717) is 0 Å². The van der Waals surface area contributed by atoms with Crippen LogP contribution in [0.3, 0.4) is 0 Å². The number of nitrogens with one attached hydrogen (secondary N) is 3. The van der Waals surface area contributed by atoms with E-state index in [4.69, 9.17) is 22.3 Å². The van der Waals surface area contributed by atoms with Crippen molar-refractivity contribution in [2.75, 3.05) is 6.54 Å². The van der Waals surface area contributed by atoms with Crippen LogP contribution in [0.25, 0.3) is 0 Å². The number of aliphatic hydroxyl groups is 1. The van der Waals surface area contributed by atoms with Gasteiger partial charge in [-0.15, -0.1) is 0 Å². The number of aliphatic imine (C=N–C) groups is 1. The largest absolute Gasteiger partial charge is 0.481 e. The Morgan fingerprint density at radius 1 is 0.857 bits per heavy atom. The van der Waals surface area contributed by atoms with Crippen LogP contribution in [0.5, 0.6) is 0 Å². The van der Waals surface area contributed by atoms with E-state index < -0.39 is 72.3 Å². The molecule has 0 aromatic heterocycles. The Morgan fingerprint density at radius 3 is 1.83 bits per heavy atom. The Morgan fingerprint density at radius 2 is 1.37 bits per heavy atom. The van der Waals surface area contributed by atoms with Crippen LogP contribution in [-0.2, 0) is 24.0 Å². The Labute approximate surface area is 202 Å². The van der Waals surface area contributed by atoms with Crippen molar-refractivity contribution in [1.82, 2.24) is 16.0 Å². The van der Waals surface area contributed by atoms with Crippen molar-refractivity contribution in [3.8, 4) is 0 Å². The molecule has 3 amide bonds. The second kappa shape index (κ2) is 15.4. The molecule has 0 saturated carbocycles. The second-order valence-corrected chi connectivity index (χ2v) is 8.34. The molecule has 5 atom stereocenters. The van der Waals surface area contributed by atoms with E-state index in [-0.39, 0.29) is 31.8 Å². The van der Waals surface area contributed by atoms with Crippen LogP contribution < -0.4 is 33.2 Å². The fourth-order valence-electron chi connectivity index (χ4n) is 2.84. The molecule has 35 heavy (non-hydrogen) atoms. The number of rotatable bonds is 16. The van der Waals surface area contributed by atoms with Gasteiger partial charge in [0.15, 0.2) is 5.96 Å². The first-order valence-corrected chi connectivity index (χ1v) is 11.0. The molecule has 200 valence electrons. The highest BCUT2D eigenvalue weighted by atomic mass is 16.4. The third-order valence-corrected chi connectivity index (χ3v) is 4.91. The zero-order valence-electron chi connectivity index (χ0n) is 20.1. The summed E-state index contributed by atoms with van der Waals surface area (Å²) in [4.78, 5) is 64.2. The summed E-state index contributed by atoms with van der Waals surface area (Å²) in [6, 6.07) is -5.24. The lowest BCUT2D eigenvalue weighted by molar-refractivity contribution is -0.144. The third kappa shape index (κ3) is 12.5. The van der Waals surface area contributed by atoms with Gasteiger partial charge in [-0.2, -0.15) is 0 Å². The Bertz CT molecular complexity index is 783. The lowest BCUT2D eigenvalue weighted by atomic mass is 10.0. The van der Waals surface area contributed by atoms with Gasteiger partial charge in [-0.3, -0.25) is 24.2 Å². The van der Waals surface area contributed by atoms with E-state index in [0.717, 1.165) is 0 Å². The number of carbonyl (C=O) groups is 5. The minimum absolute atomic E-state index is 0.0118. The first-order valence-electron chi connectivity index (χ1n) is 11.0. The quantitative estimate of drug-likeness (QED) is 0.0574. The highest BCUT2D eigenvalue weighted by Crippen LogP contribution is 2.07. The molecule has 0 aliphatic heterocycles. The van der Waals surface area contributed by atoms with E-state index >= 15 is 0 Å². The number of hydrogen-bond acceptors (Lipinski definition) is 8. The van der Waals surface area contributed by atoms with E-state index in [1.807, 2.05) is 0 Å². The highest BCUT2D eigenvalue weighted by molar-refractivity contribution is 5.94. The van der Waals surface area contributed by atoms with Gasteiger partial charge in [-0.05, 0) is 32.1 Å². The van der Waals surface area contributed by atoms with Crippen LogP contribution in [-0.4, -0.2) is 87.8 Å². The number of hydrogen-bond donors (Lipinski definition) is 9. The summed E-state index contributed by atoms with van der Waals surface area (Å²) in [6.45, 7) is 4.55. The molecule has 0 aliphatic carbocycles. The normalized spacial score (nSPS) is 15.1. The average Bonchev–Trinajstić information content (AvgIpc) is 2.74. The Kier molecular flexibility index (Phi) is 13.9. The topological polar surface area (TPSA) is 273 Å². The van der Waals surface area contributed by atoms with Crippen LogP contribution in [0.2, 0.25) is 0 Å². The molecule has 0 aliphatic rings. The molecule has 0 heterocycles. The van der Waals surface area contributed by atoms with Gasteiger partial charge in [0.05, 0.1) is 6.10 Å². The van der Waals surface area contributed by atoms with Gasteiger partial charge in [0.25, 0.3) is 0 Å². The van der Waals surface area contributed by atoms with Crippen molar-refractivity contribution in [3.63, 3.8) is 0 Å². The van der Waals surface area contributed by atoms with Crippen LogP contribution in [0.1, 0.15) is 46.5 Å². The van der Waals surface area contributed by atoms with Crippen molar-refractivity contribution in [1.29, 1.82) is 0 Å². The maximum Gasteiger partial charge on any atom is 0.326 e. The molecule has 15 nitrogen and oxygen atoms in total. The Balaban J connectivity index is 5.67. The maximum atomic E-state index is 13.0. The van der Waals surface area contributed by atoms with Crippen molar-refractivity contribution in [2.45, 2.75) is 76.7 Å². The summed E-state index contributed by atoms with van der Waals surface area (Å²) in [5, 5.41) is 34.9. The molecule has 0 aromatic rings. The van der Waals surface area contributed by atoms with Crippen LogP contribution in [0, 0.1) is 5.92 Å². The molecule has 0 bridgehead atoms. The summed E-state index contributed by atoms with van der Waals surface area (Å²) < 4.78 is 0. The molecule has 0 fully saturated rings. The fraction of sp³-hybridized carbons (Fsp3) is 0.700. The minimum atomic E-state index is -1.40. The van der Waals surface area contributed by atoms with E-state index in [1.54, 1.807) is 13.8 Å². The average molecular weight is 504 g/mol. The van der Waals surface area contributed by atoms with Crippen molar-refractivity contribution < 1.29 is 39.3 Å². The van der Waals surface area contributed by atoms with Gasteiger partial charge >= 0.3 is 11.9 Å². The molecular weight excluding hydrogens is 466 g/mol. The van der Waals surface area contributed by atoms with Gasteiger partial charge in [-0.25, -0.2) is 4.79 Å². The summed E-state index contributed by atoms with van der Waals surface area (Å²) in [5.41, 5.74) is 16.1. The lowest BCUT2D eigenvalue weighted by Crippen LogP contribution is -2.58. The number of carboxylic acids is 2. The van der Waals surface area contributed by atoms with Crippen molar-refractivity contribution in [2.24, 2.45) is 28.1 Å². The third-order valence-electron chi connectivity index (χ3n) is 4.91. The first kappa shape index (κ1) is 31.5. The number of nitrogens with two attached hydrogens (primary N) is 3. The van der Waals surface area contributed by atoms with E-state index in [1.165, 1.54) is 6.92 Å². The zero-order chi connectivity index (χ0) is 27.3. The van der Waals surface area contributed by atoms with Gasteiger partial charge in [0.1, 0.15) is 24.2 Å². The van der Waals surface area contributed by atoms with Crippen LogP contribution in [0.4, 0.5) is 0 Å². The predicted molar refractivity (Wildman–Crippen MR) is 125 cm³/mol. The monoisotopic (exact) mass is 503 g/mol. The number of aliphatic hydroxyl groups excluding tert-OH is 1. The predicted octanol–water partition coefficient (Wildman–Crippen LogP) is -3.19. The maximum absolute atomic E-state index is 13.0. The second-order valence-electron chi connectivity index (χ2n) is 8.34. The van der Waals surface area contributed by atoms with Gasteiger partial charge in [0, 0.05) is 13.0 Å². The summed E-state index contributed by atoms with van der Waals surface area (Å²) in [6.07, 6.45) is -1.79. The molecule has 0 rings (SSSR count). The molecule has 12 N–H and O–H groups in total. The smallest absolute Gasteiger partial charge is 0.326 e. The molecule has 5 unspecified atom stereocenters. The van der Waals surface area contributed by atoms with Gasteiger partial charge < -0.3 is 48.5 Å². The number of carbonyl (C=O) groups excluding carboxylic acids is 3. The minimum Gasteiger partial charge on any atom is -0.481 e. The number of guanidine groups is 1.